The standard InChI is InChI=1S/C22H20F3NO3/c1-2-19(27)18-8-5-11-26(18)20(28)13-9-10-15-14-6-3-4-7-16(14)21(29,17(15)12-13)22(23,24)25/h3-4,6-7,9-10,12,18,29H,2,5,8,11H2,1H3. The van der Waals surface area contributed by atoms with Crippen LogP contribution in [0.1, 0.15) is 47.7 Å². The fraction of sp³-hybridized carbons (Fsp3) is 0.364. The smallest absolute Gasteiger partial charge is 0.372 e. The molecular weight excluding hydrogens is 383 g/mol. The van der Waals surface area contributed by atoms with E-state index in [-0.39, 0.29) is 28.0 Å². The number of nitrogens with zero attached hydrogens (tertiary/aromatic N) is 1. The lowest BCUT2D eigenvalue weighted by Gasteiger charge is -2.29. The van der Waals surface area contributed by atoms with Gasteiger partial charge in [-0.2, -0.15) is 13.2 Å². The first-order chi connectivity index (χ1) is 13.7. The van der Waals surface area contributed by atoms with Crippen molar-refractivity contribution in [1.82, 2.24) is 4.90 Å². The lowest BCUT2D eigenvalue weighted by Crippen LogP contribution is -2.42. The predicted molar refractivity (Wildman–Crippen MR) is 100 cm³/mol. The van der Waals surface area contributed by atoms with Crippen LogP contribution in [0.5, 0.6) is 0 Å². The zero-order valence-corrected chi connectivity index (χ0v) is 15.8. The van der Waals surface area contributed by atoms with Crippen LogP contribution in [-0.2, 0) is 10.4 Å². The fourth-order valence-electron chi connectivity index (χ4n) is 4.44. The minimum absolute atomic E-state index is 0.0371. The SMILES string of the molecule is CCC(=O)C1CCCN1C(=O)c1ccc2c(c1)C(O)(C(F)(F)F)c1ccccc1-2. The molecule has 0 bridgehead atoms. The minimum Gasteiger partial charge on any atom is -0.372 e. The number of hydrogen-bond acceptors (Lipinski definition) is 3. The minimum atomic E-state index is -4.95. The molecule has 1 saturated heterocycles. The number of carbonyl (C=O) groups excluding carboxylic acids is 2. The molecule has 1 aliphatic carbocycles. The summed E-state index contributed by atoms with van der Waals surface area (Å²) in [6, 6.07) is 9.31. The van der Waals surface area contributed by atoms with Gasteiger partial charge in [0.1, 0.15) is 0 Å². The summed E-state index contributed by atoms with van der Waals surface area (Å²) in [5, 5.41) is 10.8. The average molecular weight is 403 g/mol. The van der Waals surface area contributed by atoms with Crippen molar-refractivity contribution in [3.8, 4) is 11.1 Å². The highest BCUT2D eigenvalue weighted by atomic mass is 19.4. The Morgan fingerprint density at radius 3 is 2.52 bits per heavy atom. The van der Waals surface area contributed by atoms with Gasteiger partial charge in [-0.25, -0.2) is 0 Å². The van der Waals surface area contributed by atoms with E-state index in [1.54, 1.807) is 13.0 Å². The Labute approximate surface area is 165 Å². The number of aliphatic hydroxyl groups is 1. The first-order valence-corrected chi connectivity index (χ1v) is 9.57. The van der Waals surface area contributed by atoms with Crippen LogP contribution < -0.4 is 0 Å². The number of Topliss-reactive ketones (excluding diaryl/α,β-unsaturated/α-hetero) is 1. The Bertz CT molecular complexity index is 1000. The van der Waals surface area contributed by atoms with E-state index >= 15 is 0 Å². The van der Waals surface area contributed by atoms with E-state index in [1.807, 2.05) is 0 Å². The molecule has 1 heterocycles. The molecule has 2 atom stereocenters. The highest BCUT2D eigenvalue weighted by Gasteiger charge is 2.60. The largest absolute Gasteiger partial charge is 0.425 e. The molecule has 0 aromatic heterocycles. The van der Waals surface area contributed by atoms with Crippen LogP contribution in [0.2, 0.25) is 0 Å². The molecule has 2 unspecified atom stereocenters. The molecule has 7 heteroatoms. The molecule has 2 aliphatic rings. The van der Waals surface area contributed by atoms with E-state index in [2.05, 4.69) is 0 Å². The van der Waals surface area contributed by atoms with Crippen molar-refractivity contribution in [3.63, 3.8) is 0 Å². The molecule has 2 aromatic carbocycles. The number of carbonyl (C=O) groups is 2. The number of ketones is 1. The van der Waals surface area contributed by atoms with Crippen molar-refractivity contribution in [2.75, 3.05) is 6.54 Å². The van der Waals surface area contributed by atoms with Crippen molar-refractivity contribution in [3.05, 3.63) is 59.2 Å². The number of hydrogen-bond donors (Lipinski definition) is 1. The number of likely N-dealkylation sites (tertiary alicyclic amines) is 1. The third kappa shape index (κ3) is 2.79. The molecular formula is C22H20F3NO3. The van der Waals surface area contributed by atoms with Crippen LogP contribution in [0.3, 0.4) is 0 Å². The Kier molecular flexibility index (Phi) is 4.53. The first-order valence-electron chi connectivity index (χ1n) is 9.57. The molecule has 152 valence electrons. The number of benzene rings is 2. The Balaban J connectivity index is 1.80. The van der Waals surface area contributed by atoms with Gasteiger partial charge in [0.15, 0.2) is 5.78 Å². The van der Waals surface area contributed by atoms with Gasteiger partial charge >= 0.3 is 6.18 Å². The van der Waals surface area contributed by atoms with Crippen molar-refractivity contribution in [2.45, 2.75) is 44.0 Å². The normalized spacial score (nSPS) is 23.1. The second-order valence-corrected chi connectivity index (χ2v) is 7.49. The molecule has 1 N–H and O–H groups in total. The zero-order chi connectivity index (χ0) is 21.0. The van der Waals surface area contributed by atoms with Gasteiger partial charge in [0.2, 0.25) is 5.60 Å². The molecule has 29 heavy (non-hydrogen) atoms. The van der Waals surface area contributed by atoms with E-state index in [0.717, 1.165) is 6.07 Å². The van der Waals surface area contributed by atoms with E-state index in [0.29, 0.717) is 31.4 Å². The molecule has 2 aromatic rings. The summed E-state index contributed by atoms with van der Waals surface area (Å²) in [4.78, 5) is 26.6. The molecule has 0 saturated carbocycles. The van der Waals surface area contributed by atoms with Crippen LogP contribution in [-0.4, -0.2) is 40.5 Å². The van der Waals surface area contributed by atoms with Crippen LogP contribution in [0.4, 0.5) is 13.2 Å². The number of fused-ring (bicyclic) bond motifs is 3. The fourth-order valence-corrected chi connectivity index (χ4v) is 4.44. The highest BCUT2D eigenvalue weighted by molar-refractivity contribution is 5.99. The van der Waals surface area contributed by atoms with Gasteiger partial charge in [-0.1, -0.05) is 37.3 Å². The lowest BCUT2D eigenvalue weighted by atomic mass is 9.89. The first kappa shape index (κ1) is 19.6. The molecule has 0 spiro atoms. The maximum atomic E-state index is 14.0. The summed E-state index contributed by atoms with van der Waals surface area (Å²) in [5.74, 6) is -0.547. The monoisotopic (exact) mass is 403 g/mol. The van der Waals surface area contributed by atoms with E-state index in [4.69, 9.17) is 0 Å². The van der Waals surface area contributed by atoms with Gasteiger partial charge in [0, 0.05) is 29.7 Å². The molecule has 4 nitrogen and oxygen atoms in total. The second kappa shape index (κ2) is 6.69. The Morgan fingerprint density at radius 2 is 1.83 bits per heavy atom. The molecule has 1 aliphatic heterocycles. The quantitative estimate of drug-likeness (QED) is 0.841. The molecule has 1 fully saturated rings. The van der Waals surface area contributed by atoms with Crippen molar-refractivity contribution < 1.29 is 27.9 Å². The summed E-state index contributed by atoms with van der Waals surface area (Å²) >= 11 is 0. The maximum Gasteiger partial charge on any atom is 0.425 e. The number of halogens is 3. The van der Waals surface area contributed by atoms with Gasteiger partial charge in [-0.15, -0.1) is 0 Å². The van der Waals surface area contributed by atoms with Gasteiger partial charge in [-0.3, -0.25) is 9.59 Å². The van der Waals surface area contributed by atoms with Gasteiger partial charge in [-0.05, 0) is 36.1 Å². The van der Waals surface area contributed by atoms with E-state index in [9.17, 15) is 27.9 Å². The zero-order valence-electron chi connectivity index (χ0n) is 15.8. The number of alkyl halides is 3. The molecule has 1 amide bonds. The Hall–Kier alpha value is -2.67. The van der Waals surface area contributed by atoms with Crippen LogP contribution in [0.15, 0.2) is 42.5 Å². The van der Waals surface area contributed by atoms with E-state index in [1.165, 1.54) is 35.2 Å². The summed E-state index contributed by atoms with van der Waals surface area (Å²) in [6.07, 6.45) is -3.43. The third-order valence-electron chi connectivity index (χ3n) is 5.91. The topological polar surface area (TPSA) is 57.6 Å². The van der Waals surface area contributed by atoms with Crippen molar-refractivity contribution in [2.24, 2.45) is 0 Å². The summed E-state index contributed by atoms with van der Waals surface area (Å²) < 4.78 is 41.9. The number of rotatable bonds is 3. The molecule has 0 radical (unpaired) electrons. The van der Waals surface area contributed by atoms with Crippen LogP contribution in [0.25, 0.3) is 11.1 Å². The summed E-state index contributed by atoms with van der Waals surface area (Å²) in [7, 11) is 0. The van der Waals surface area contributed by atoms with Gasteiger partial charge in [0.05, 0.1) is 6.04 Å². The molecule has 4 rings (SSSR count). The van der Waals surface area contributed by atoms with Crippen molar-refractivity contribution in [1.29, 1.82) is 0 Å². The van der Waals surface area contributed by atoms with E-state index < -0.39 is 23.7 Å². The van der Waals surface area contributed by atoms with Crippen molar-refractivity contribution >= 4 is 11.7 Å². The lowest BCUT2D eigenvalue weighted by molar-refractivity contribution is -0.246. The predicted octanol–water partition coefficient (Wildman–Crippen LogP) is 4.05. The van der Waals surface area contributed by atoms with Gasteiger partial charge < -0.3 is 10.0 Å². The summed E-state index contributed by atoms with van der Waals surface area (Å²) in [5.41, 5.74) is -3.20. The summed E-state index contributed by atoms with van der Waals surface area (Å²) in [6.45, 7) is 2.11. The third-order valence-corrected chi connectivity index (χ3v) is 5.91. The second-order valence-electron chi connectivity index (χ2n) is 7.49. The highest BCUT2D eigenvalue weighted by Crippen LogP contribution is 2.55. The van der Waals surface area contributed by atoms with Crippen LogP contribution >= 0.6 is 0 Å². The van der Waals surface area contributed by atoms with Gasteiger partial charge in [0.25, 0.3) is 5.91 Å². The Morgan fingerprint density at radius 1 is 1.14 bits per heavy atom. The number of amides is 1. The average Bonchev–Trinajstić information content (AvgIpc) is 3.29. The maximum absolute atomic E-state index is 14.0. The van der Waals surface area contributed by atoms with Crippen LogP contribution in [0, 0.1) is 0 Å².